The first kappa shape index (κ1) is 16.6. The largest absolute Gasteiger partial charge is 0.360 e. The van der Waals surface area contributed by atoms with Gasteiger partial charge in [0.25, 0.3) is 0 Å². The maximum Gasteiger partial charge on any atom is 0.239 e. The molecule has 1 aromatic heterocycles. The van der Waals surface area contributed by atoms with Gasteiger partial charge in [-0.15, -0.1) is 11.8 Å². The summed E-state index contributed by atoms with van der Waals surface area (Å²) in [4.78, 5) is 13.6. The van der Waals surface area contributed by atoms with Crippen LogP contribution < -0.4 is 5.32 Å². The second kappa shape index (κ2) is 8.03. The zero-order chi connectivity index (χ0) is 15.9. The fraction of sp³-hybridized carbons (Fsp3) is 0.412. The van der Waals surface area contributed by atoms with Gasteiger partial charge in [-0.25, -0.2) is 0 Å². The number of benzene rings is 1. The molecule has 0 spiro atoms. The molecule has 0 radical (unpaired) electrons. The van der Waals surface area contributed by atoms with Crippen LogP contribution in [0.3, 0.4) is 0 Å². The van der Waals surface area contributed by atoms with E-state index in [0.717, 1.165) is 24.2 Å². The SMILES string of the molecule is CCCCC(Sc1cccc(C)c1)C(=O)Nc1cc(C)on1. The molecule has 0 saturated heterocycles. The van der Waals surface area contributed by atoms with E-state index >= 15 is 0 Å². The summed E-state index contributed by atoms with van der Waals surface area (Å²) in [6, 6.07) is 9.96. The van der Waals surface area contributed by atoms with Gasteiger partial charge in [0.15, 0.2) is 5.82 Å². The molecule has 2 rings (SSSR count). The van der Waals surface area contributed by atoms with Crippen molar-refractivity contribution < 1.29 is 9.32 Å². The Hall–Kier alpha value is -1.75. The van der Waals surface area contributed by atoms with Crippen LogP contribution in [0.25, 0.3) is 0 Å². The van der Waals surface area contributed by atoms with Crippen molar-refractivity contribution in [1.82, 2.24) is 5.16 Å². The van der Waals surface area contributed by atoms with Crippen LogP contribution in [-0.4, -0.2) is 16.3 Å². The molecular weight excluding hydrogens is 296 g/mol. The number of aromatic nitrogens is 1. The first-order chi connectivity index (χ1) is 10.6. The summed E-state index contributed by atoms with van der Waals surface area (Å²) < 4.78 is 4.99. The highest BCUT2D eigenvalue weighted by atomic mass is 32.2. The van der Waals surface area contributed by atoms with E-state index in [4.69, 9.17) is 4.52 Å². The van der Waals surface area contributed by atoms with Crippen molar-refractivity contribution in [2.45, 2.75) is 50.2 Å². The fourth-order valence-electron chi connectivity index (χ4n) is 2.12. The van der Waals surface area contributed by atoms with Crippen molar-refractivity contribution >= 4 is 23.5 Å². The second-order valence-electron chi connectivity index (χ2n) is 5.38. The van der Waals surface area contributed by atoms with E-state index in [1.54, 1.807) is 24.8 Å². The Bertz CT molecular complexity index is 625. The summed E-state index contributed by atoms with van der Waals surface area (Å²) in [7, 11) is 0. The zero-order valence-corrected chi connectivity index (χ0v) is 14.1. The second-order valence-corrected chi connectivity index (χ2v) is 6.65. The number of carbonyl (C=O) groups is 1. The summed E-state index contributed by atoms with van der Waals surface area (Å²) in [5.74, 6) is 1.15. The molecule has 22 heavy (non-hydrogen) atoms. The first-order valence-electron chi connectivity index (χ1n) is 7.56. The van der Waals surface area contributed by atoms with Crippen molar-refractivity contribution in [3.63, 3.8) is 0 Å². The van der Waals surface area contributed by atoms with Crippen LogP contribution in [0.2, 0.25) is 0 Å². The maximum atomic E-state index is 12.5. The molecular formula is C17H22N2O2S. The lowest BCUT2D eigenvalue weighted by molar-refractivity contribution is -0.115. The Morgan fingerprint density at radius 3 is 2.82 bits per heavy atom. The van der Waals surface area contributed by atoms with Crippen molar-refractivity contribution in [1.29, 1.82) is 0 Å². The number of anilines is 1. The number of amides is 1. The standard InChI is InChI=1S/C17H22N2O2S/c1-4-5-9-15(22-14-8-6-7-12(2)10-14)17(20)18-16-11-13(3)21-19-16/h6-8,10-11,15H,4-5,9H2,1-3H3,(H,18,19,20). The molecule has 1 atom stereocenters. The number of aryl methyl sites for hydroxylation is 2. The Kier molecular flexibility index (Phi) is 6.07. The van der Waals surface area contributed by atoms with E-state index in [-0.39, 0.29) is 11.2 Å². The number of hydrogen-bond donors (Lipinski definition) is 1. The highest BCUT2D eigenvalue weighted by Crippen LogP contribution is 2.28. The van der Waals surface area contributed by atoms with E-state index in [0.29, 0.717) is 11.6 Å². The zero-order valence-electron chi connectivity index (χ0n) is 13.3. The van der Waals surface area contributed by atoms with Crippen LogP contribution in [0, 0.1) is 13.8 Å². The predicted molar refractivity (Wildman–Crippen MR) is 90.2 cm³/mol. The van der Waals surface area contributed by atoms with Gasteiger partial charge in [0.05, 0.1) is 5.25 Å². The molecule has 1 heterocycles. The van der Waals surface area contributed by atoms with Gasteiger partial charge in [-0.05, 0) is 32.4 Å². The van der Waals surface area contributed by atoms with Gasteiger partial charge in [0.2, 0.25) is 5.91 Å². The molecule has 1 unspecified atom stereocenters. The van der Waals surface area contributed by atoms with Gasteiger partial charge >= 0.3 is 0 Å². The van der Waals surface area contributed by atoms with Crippen LogP contribution in [0.5, 0.6) is 0 Å². The summed E-state index contributed by atoms with van der Waals surface area (Å²) in [5.41, 5.74) is 1.20. The van der Waals surface area contributed by atoms with Crippen LogP contribution >= 0.6 is 11.8 Å². The molecule has 0 aliphatic rings. The predicted octanol–water partition coefficient (Wildman–Crippen LogP) is 4.58. The van der Waals surface area contributed by atoms with Gasteiger partial charge in [0, 0.05) is 11.0 Å². The lowest BCUT2D eigenvalue weighted by Gasteiger charge is -2.15. The van der Waals surface area contributed by atoms with Gasteiger partial charge in [-0.3, -0.25) is 4.79 Å². The maximum absolute atomic E-state index is 12.5. The molecule has 118 valence electrons. The highest BCUT2D eigenvalue weighted by molar-refractivity contribution is 8.00. The van der Waals surface area contributed by atoms with Crippen LogP contribution in [0.15, 0.2) is 39.8 Å². The normalized spacial score (nSPS) is 12.1. The van der Waals surface area contributed by atoms with Crippen molar-refractivity contribution in [2.24, 2.45) is 0 Å². The number of unbranched alkanes of at least 4 members (excludes halogenated alkanes) is 1. The lowest BCUT2D eigenvalue weighted by atomic mass is 10.2. The van der Waals surface area contributed by atoms with Crippen LogP contribution in [0.1, 0.15) is 37.5 Å². The Balaban J connectivity index is 2.05. The topological polar surface area (TPSA) is 55.1 Å². The number of nitrogens with zero attached hydrogens (tertiary/aromatic N) is 1. The summed E-state index contributed by atoms with van der Waals surface area (Å²) in [6.45, 7) is 6.00. The molecule has 2 aromatic rings. The van der Waals surface area contributed by atoms with E-state index < -0.39 is 0 Å². The molecule has 1 N–H and O–H groups in total. The molecule has 0 fully saturated rings. The Labute approximate surface area is 135 Å². The van der Waals surface area contributed by atoms with Crippen molar-refractivity contribution in [3.05, 3.63) is 41.7 Å². The average molecular weight is 318 g/mol. The van der Waals surface area contributed by atoms with Gasteiger partial charge < -0.3 is 9.84 Å². The molecule has 1 aromatic carbocycles. The average Bonchev–Trinajstić information content (AvgIpc) is 2.88. The third kappa shape index (κ3) is 4.91. The van der Waals surface area contributed by atoms with E-state index in [2.05, 4.69) is 36.5 Å². The number of nitrogens with one attached hydrogen (secondary N) is 1. The molecule has 0 aliphatic carbocycles. The summed E-state index contributed by atoms with van der Waals surface area (Å²) >= 11 is 1.61. The lowest BCUT2D eigenvalue weighted by Crippen LogP contribution is -2.25. The molecule has 5 heteroatoms. The van der Waals surface area contributed by atoms with E-state index in [1.807, 2.05) is 12.1 Å². The fourth-order valence-corrected chi connectivity index (χ4v) is 3.31. The van der Waals surface area contributed by atoms with Gasteiger partial charge in [-0.1, -0.05) is 42.6 Å². The van der Waals surface area contributed by atoms with Crippen LogP contribution in [-0.2, 0) is 4.79 Å². The first-order valence-corrected chi connectivity index (χ1v) is 8.44. The van der Waals surface area contributed by atoms with Crippen molar-refractivity contribution in [2.75, 3.05) is 5.32 Å². The molecule has 4 nitrogen and oxygen atoms in total. The number of hydrogen-bond acceptors (Lipinski definition) is 4. The number of rotatable bonds is 7. The quantitative estimate of drug-likeness (QED) is 0.759. The van der Waals surface area contributed by atoms with Crippen LogP contribution in [0.4, 0.5) is 5.82 Å². The van der Waals surface area contributed by atoms with E-state index in [1.165, 1.54) is 5.56 Å². The molecule has 0 aliphatic heterocycles. The molecule has 0 bridgehead atoms. The molecule has 0 saturated carbocycles. The van der Waals surface area contributed by atoms with Crippen molar-refractivity contribution in [3.8, 4) is 0 Å². The Morgan fingerprint density at radius 1 is 1.36 bits per heavy atom. The minimum atomic E-state index is -0.126. The number of carbonyl (C=O) groups excluding carboxylic acids is 1. The minimum absolute atomic E-state index is 0.0201. The Morgan fingerprint density at radius 2 is 2.18 bits per heavy atom. The third-order valence-corrected chi connectivity index (χ3v) is 4.52. The smallest absolute Gasteiger partial charge is 0.239 e. The van der Waals surface area contributed by atoms with Gasteiger partial charge in [0.1, 0.15) is 5.76 Å². The number of thioether (sulfide) groups is 1. The summed E-state index contributed by atoms with van der Waals surface area (Å²) in [6.07, 6.45) is 2.94. The van der Waals surface area contributed by atoms with Gasteiger partial charge in [-0.2, -0.15) is 0 Å². The molecule has 1 amide bonds. The monoisotopic (exact) mass is 318 g/mol. The minimum Gasteiger partial charge on any atom is -0.360 e. The van der Waals surface area contributed by atoms with E-state index in [9.17, 15) is 4.79 Å². The third-order valence-electron chi connectivity index (χ3n) is 3.26. The summed E-state index contributed by atoms with van der Waals surface area (Å²) in [5, 5.41) is 6.54. The highest BCUT2D eigenvalue weighted by Gasteiger charge is 2.20.